The van der Waals surface area contributed by atoms with E-state index in [1.807, 2.05) is 24.3 Å². The number of halogens is 2. The predicted molar refractivity (Wildman–Crippen MR) is 69.3 cm³/mol. The van der Waals surface area contributed by atoms with Gasteiger partial charge in [0, 0.05) is 11.8 Å². The lowest BCUT2D eigenvalue weighted by molar-refractivity contribution is 1.30. The summed E-state index contributed by atoms with van der Waals surface area (Å²) in [5, 5.41) is 1.23. The molecular weight excluding hydrogens is 257 g/mol. The number of benzene rings is 1. The standard InChI is InChI=1S/C12H7Cl2N3/c13-7-5-10-12(15-6-7)17-11(16-10)8-3-1-2-4-9(8)14/h1-6H,(H,15,16,17). The highest BCUT2D eigenvalue weighted by Crippen LogP contribution is 2.27. The SMILES string of the molecule is Clc1cnc2nc(-c3ccccc3Cl)[nH]c2c1. The number of H-pyrrole nitrogens is 1. The molecule has 84 valence electrons. The number of fused-ring (bicyclic) bond motifs is 1. The van der Waals surface area contributed by atoms with Gasteiger partial charge in [0.15, 0.2) is 5.65 Å². The zero-order valence-electron chi connectivity index (χ0n) is 8.61. The molecule has 0 aliphatic rings. The van der Waals surface area contributed by atoms with Crippen molar-refractivity contribution in [2.45, 2.75) is 0 Å². The highest BCUT2D eigenvalue weighted by molar-refractivity contribution is 6.33. The molecule has 0 aliphatic carbocycles. The largest absolute Gasteiger partial charge is 0.336 e. The van der Waals surface area contributed by atoms with Crippen LogP contribution in [0.5, 0.6) is 0 Å². The number of hydrogen-bond acceptors (Lipinski definition) is 2. The van der Waals surface area contributed by atoms with Gasteiger partial charge in [0.25, 0.3) is 0 Å². The fourth-order valence-corrected chi connectivity index (χ4v) is 2.04. The van der Waals surface area contributed by atoms with Crippen LogP contribution in [0.4, 0.5) is 0 Å². The van der Waals surface area contributed by atoms with Crippen LogP contribution in [0.15, 0.2) is 36.5 Å². The first kappa shape index (κ1) is 10.6. The number of imidazole rings is 1. The highest BCUT2D eigenvalue weighted by atomic mass is 35.5. The second-order valence-corrected chi connectivity index (χ2v) is 4.43. The summed E-state index contributed by atoms with van der Waals surface area (Å²) in [5.74, 6) is 0.695. The topological polar surface area (TPSA) is 41.6 Å². The smallest absolute Gasteiger partial charge is 0.178 e. The van der Waals surface area contributed by atoms with E-state index in [9.17, 15) is 0 Å². The maximum absolute atomic E-state index is 6.11. The molecule has 0 saturated heterocycles. The molecule has 3 rings (SSSR count). The van der Waals surface area contributed by atoms with E-state index in [0.717, 1.165) is 11.1 Å². The Kier molecular flexibility index (Phi) is 2.50. The first-order valence-electron chi connectivity index (χ1n) is 5.00. The van der Waals surface area contributed by atoms with Crippen LogP contribution in [0.1, 0.15) is 0 Å². The van der Waals surface area contributed by atoms with Crippen LogP contribution in [0.3, 0.4) is 0 Å². The Bertz CT molecular complexity index is 691. The molecule has 3 aromatic rings. The lowest BCUT2D eigenvalue weighted by Gasteiger charge is -1.98. The van der Waals surface area contributed by atoms with E-state index in [2.05, 4.69) is 15.0 Å². The van der Waals surface area contributed by atoms with Gasteiger partial charge in [-0.05, 0) is 18.2 Å². The maximum Gasteiger partial charge on any atom is 0.178 e. The molecule has 3 nitrogen and oxygen atoms in total. The second-order valence-electron chi connectivity index (χ2n) is 3.59. The third-order valence-corrected chi connectivity index (χ3v) is 2.97. The normalized spacial score (nSPS) is 10.9. The zero-order chi connectivity index (χ0) is 11.8. The molecule has 0 atom stereocenters. The number of pyridine rings is 1. The third-order valence-electron chi connectivity index (χ3n) is 2.43. The summed E-state index contributed by atoms with van der Waals surface area (Å²) in [7, 11) is 0. The van der Waals surface area contributed by atoms with Crippen LogP contribution < -0.4 is 0 Å². The van der Waals surface area contributed by atoms with Gasteiger partial charge in [0.2, 0.25) is 0 Å². The summed E-state index contributed by atoms with van der Waals surface area (Å²) in [5.41, 5.74) is 2.28. The summed E-state index contributed by atoms with van der Waals surface area (Å²) in [6.45, 7) is 0. The summed E-state index contributed by atoms with van der Waals surface area (Å²) in [6, 6.07) is 9.31. The van der Waals surface area contributed by atoms with Gasteiger partial charge in [0.05, 0.1) is 15.6 Å². The second kappa shape index (κ2) is 4.02. The van der Waals surface area contributed by atoms with Crippen molar-refractivity contribution in [2.75, 3.05) is 0 Å². The number of aromatic nitrogens is 3. The first-order chi connectivity index (χ1) is 8.24. The molecule has 0 aliphatic heterocycles. The summed E-state index contributed by atoms with van der Waals surface area (Å²) >= 11 is 12.0. The van der Waals surface area contributed by atoms with E-state index in [1.165, 1.54) is 0 Å². The summed E-state index contributed by atoms with van der Waals surface area (Å²) in [4.78, 5) is 11.7. The minimum Gasteiger partial charge on any atom is -0.336 e. The van der Waals surface area contributed by atoms with Crippen LogP contribution >= 0.6 is 23.2 Å². The number of nitrogens with one attached hydrogen (secondary N) is 1. The molecule has 0 spiro atoms. The number of aromatic amines is 1. The van der Waals surface area contributed by atoms with Crippen LogP contribution in [0.25, 0.3) is 22.6 Å². The zero-order valence-corrected chi connectivity index (χ0v) is 10.1. The van der Waals surface area contributed by atoms with E-state index >= 15 is 0 Å². The van der Waals surface area contributed by atoms with Crippen molar-refractivity contribution >= 4 is 34.4 Å². The maximum atomic E-state index is 6.11. The Hall–Kier alpha value is -1.58. The van der Waals surface area contributed by atoms with Crippen molar-refractivity contribution in [2.24, 2.45) is 0 Å². The predicted octanol–water partition coefficient (Wildman–Crippen LogP) is 3.93. The Morgan fingerprint density at radius 2 is 1.94 bits per heavy atom. The van der Waals surface area contributed by atoms with Crippen LogP contribution in [0.2, 0.25) is 10.0 Å². The average molecular weight is 264 g/mol. The Balaban J connectivity index is 2.22. The number of nitrogens with zero attached hydrogens (tertiary/aromatic N) is 2. The van der Waals surface area contributed by atoms with E-state index < -0.39 is 0 Å². The van der Waals surface area contributed by atoms with Gasteiger partial charge < -0.3 is 4.98 Å². The Morgan fingerprint density at radius 3 is 2.76 bits per heavy atom. The van der Waals surface area contributed by atoms with Gasteiger partial charge in [-0.25, -0.2) is 9.97 Å². The van der Waals surface area contributed by atoms with Crippen LogP contribution in [0, 0.1) is 0 Å². The molecule has 2 aromatic heterocycles. The van der Waals surface area contributed by atoms with E-state index in [1.54, 1.807) is 12.3 Å². The molecule has 2 heterocycles. The molecule has 0 radical (unpaired) electrons. The van der Waals surface area contributed by atoms with E-state index in [4.69, 9.17) is 23.2 Å². The monoisotopic (exact) mass is 263 g/mol. The molecule has 1 N–H and O–H groups in total. The van der Waals surface area contributed by atoms with Crippen LogP contribution in [-0.2, 0) is 0 Å². The fourth-order valence-electron chi connectivity index (χ4n) is 1.66. The van der Waals surface area contributed by atoms with Gasteiger partial charge in [0.1, 0.15) is 5.82 Å². The van der Waals surface area contributed by atoms with Gasteiger partial charge in [-0.1, -0.05) is 35.3 Å². The van der Waals surface area contributed by atoms with Crippen molar-refractivity contribution in [3.8, 4) is 11.4 Å². The van der Waals surface area contributed by atoms with E-state index in [-0.39, 0.29) is 0 Å². The van der Waals surface area contributed by atoms with Gasteiger partial charge in [-0.2, -0.15) is 0 Å². The summed E-state index contributed by atoms with van der Waals surface area (Å²) < 4.78 is 0. The molecule has 17 heavy (non-hydrogen) atoms. The van der Waals surface area contributed by atoms with E-state index in [0.29, 0.717) is 21.5 Å². The van der Waals surface area contributed by atoms with Crippen LogP contribution in [-0.4, -0.2) is 15.0 Å². The van der Waals surface area contributed by atoms with Crippen molar-refractivity contribution in [3.63, 3.8) is 0 Å². The fraction of sp³-hybridized carbons (Fsp3) is 0. The average Bonchev–Trinajstić information content (AvgIpc) is 2.72. The number of rotatable bonds is 1. The Morgan fingerprint density at radius 1 is 1.12 bits per heavy atom. The molecule has 1 aromatic carbocycles. The third kappa shape index (κ3) is 1.88. The lowest BCUT2D eigenvalue weighted by Crippen LogP contribution is -1.80. The molecule has 0 fully saturated rings. The summed E-state index contributed by atoms with van der Waals surface area (Å²) in [6.07, 6.45) is 1.57. The molecule has 5 heteroatoms. The van der Waals surface area contributed by atoms with Gasteiger partial charge in [-0.15, -0.1) is 0 Å². The van der Waals surface area contributed by atoms with Crippen molar-refractivity contribution in [3.05, 3.63) is 46.6 Å². The minimum absolute atomic E-state index is 0.576. The quantitative estimate of drug-likeness (QED) is 0.723. The molecule has 0 bridgehead atoms. The molecule has 0 unspecified atom stereocenters. The van der Waals surface area contributed by atoms with Crippen molar-refractivity contribution < 1.29 is 0 Å². The van der Waals surface area contributed by atoms with Crippen molar-refractivity contribution in [1.29, 1.82) is 0 Å². The molecular formula is C12H7Cl2N3. The number of hydrogen-bond donors (Lipinski definition) is 1. The Labute approximate surface area is 107 Å². The highest BCUT2D eigenvalue weighted by Gasteiger charge is 2.09. The molecule has 0 amide bonds. The minimum atomic E-state index is 0.576. The first-order valence-corrected chi connectivity index (χ1v) is 5.76. The van der Waals surface area contributed by atoms with Gasteiger partial charge in [-0.3, -0.25) is 0 Å². The lowest BCUT2D eigenvalue weighted by atomic mass is 10.2. The molecule has 0 saturated carbocycles. The van der Waals surface area contributed by atoms with Crippen molar-refractivity contribution in [1.82, 2.24) is 15.0 Å². The van der Waals surface area contributed by atoms with Gasteiger partial charge >= 0.3 is 0 Å².